The van der Waals surface area contributed by atoms with Gasteiger partial charge in [0.15, 0.2) is 0 Å². The van der Waals surface area contributed by atoms with Gasteiger partial charge in [-0.25, -0.2) is 4.39 Å². The van der Waals surface area contributed by atoms with Crippen molar-refractivity contribution in [2.45, 2.75) is 25.7 Å². The SMILES string of the molecule is CC(C)(CC(=O)O)c1ccc(F)c2ccccc12. The molecule has 2 aromatic rings. The van der Waals surface area contributed by atoms with Crippen LogP contribution in [0.2, 0.25) is 0 Å². The quantitative estimate of drug-likeness (QED) is 0.895. The molecular weight excluding hydrogens is 231 g/mol. The summed E-state index contributed by atoms with van der Waals surface area (Å²) in [4.78, 5) is 10.9. The Morgan fingerprint density at radius 3 is 2.39 bits per heavy atom. The molecule has 2 nitrogen and oxygen atoms in total. The zero-order valence-electron chi connectivity index (χ0n) is 10.4. The lowest BCUT2D eigenvalue weighted by Gasteiger charge is -2.25. The van der Waals surface area contributed by atoms with Crippen molar-refractivity contribution in [1.29, 1.82) is 0 Å². The second-order valence-electron chi connectivity index (χ2n) is 5.09. The van der Waals surface area contributed by atoms with Crippen molar-refractivity contribution in [1.82, 2.24) is 0 Å². The van der Waals surface area contributed by atoms with E-state index in [0.717, 1.165) is 10.9 Å². The number of hydrogen-bond donors (Lipinski definition) is 1. The molecule has 18 heavy (non-hydrogen) atoms. The molecule has 94 valence electrons. The summed E-state index contributed by atoms with van der Waals surface area (Å²) in [7, 11) is 0. The summed E-state index contributed by atoms with van der Waals surface area (Å²) in [6, 6.07) is 10.2. The molecule has 0 aliphatic carbocycles. The van der Waals surface area contributed by atoms with E-state index in [4.69, 9.17) is 5.11 Å². The van der Waals surface area contributed by atoms with Gasteiger partial charge >= 0.3 is 5.97 Å². The third kappa shape index (κ3) is 2.21. The van der Waals surface area contributed by atoms with Gasteiger partial charge in [0.05, 0.1) is 6.42 Å². The average Bonchev–Trinajstić information content (AvgIpc) is 2.27. The first-order valence-corrected chi connectivity index (χ1v) is 5.81. The number of benzene rings is 2. The van der Waals surface area contributed by atoms with Crippen LogP contribution in [0, 0.1) is 5.82 Å². The van der Waals surface area contributed by atoms with Gasteiger partial charge in [-0.2, -0.15) is 0 Å². The molecule has 0 atom stereocenters. The highest BCUT2D eigenvalue weighted by molar-refractivity contribution is 5.87. The molecule has 0 bridgehead atoms. The van der Waals surface area contributed by atoms with E-state index in [1.165, 1.54) is 6.07 Å². The minimum absolute atomic E-state index is 0.0165. The Morgan fingerprint density at radius 1 is 1.17 bits per heavy atom. The van der Waals surface area contributed by atoms with E-state index in [9.17, 15) is 9.18 Å². The summed E-state index contributed by atoms with van der Waals surface area (Å²) in [5, 5.41) is 10.3. The molecule has 0 radical (unpaired) electrons. The maximum absolute atomic E-state index is 13.7. The minimum atomic E-state index is -0.853. The van der Waals surface area contributed by atoms with Crippen LogP contribution in [0.5, 0.6) is 0 Å². The van der Waals surface area contributed by atoms with Crippen molar-refractivity contribution in [3.63, 3.8) is 0 Å². The zero-order chi connectivity index (χ0) is 13.3. The Labute approximate surface area is 105 Å². The predicted molar refractivity (Wildman–Crippen MR) is 69.2 cm³/mol. The Bertz CT molecular complexity index is 602. The van der Waals surface area contributed by atoms with Gasteiger partial charge in [0.25, 0.3) is 0 Å². The number of carboxylic acid groups (broad SMARTS) is 1. The maximum Gasteiger partial charge on any atom is 0.304 e. The molecule has 0 fully saturated rings. The third-order valence-corrected chi connectivity index (χ3v) is 3.19. The normalized spacial score (nSPS) is 11.7. The molecular formula is C15H15FO2. The molecule has 0 heterocycles. The number of aliphatic carboxylic acids is 1. The highest BCUT2D eigenvalue weighted by Gasteiger charge is 2.26. The lowest BCUT2D eigenvalue weighted by Crippen LogP contribution is -2.22. The molecule has 0 saturated carbocycles. The maximum atomic E-state index is 13.7. The molecule has 0 amide bonds. The van der Waals surface area contributed by atoms with Gasteiger partial charge in [-0.1, -0.05) is 44.2 Å². The van der Waals surface area contributed by atoms with Crippen LogP contribution < -0.4 is 0 Å². The summed E-state index contributed by atoms with van der Waals surface area (Å²) < 4.78 is 13.7. The van der Waals surface area contributed by atoms with Crippen LogP contribution in [-0.4, -0.2) is 11.1 Å². The van der Waals surface area contributed by atoms with Crippen LogP contribution in [-0.2, 0) is 10.2 Å². The first-order chi connectivity index (χ1) is 8.42. The van der Waals surface area contributed by atoms with Gasteiger partial charge < -0.3 is 5.11 Å². The van der Waals surface area contributed by atoms with Crippen LogP contribution >= 0.6 is 0 Å². The van der Waals surface area contributed by atoms with E-state index < -0.39 is 11.4 Å². The average molecular weight is 246 g/mol. The molecule has 0 aliphatic rings. The van der Waals surface area contributed by atoms with E-state index in [0.29, 0.717) is 5.39 Å². The van der Waals surface area contributed by atoms with Crippen molar-refractivity contribution in [3.8, 4) is 0 Å². The van der Waals surface area contributed by atoms with Gasteiger partial charge in [-0.05, 0) is 17.0 Å². The predicted octanol–water partition coefficient (Wildman–Crippen LogP) is 3.73. The fraction of sp³-hybridized carbons (Fsp3) is 0.267. The first-order valence-electron chi connectivity index (χ1n) is 5.81. The molecule has 0 unspecified atom stereocenters. The summed E-state index contributed by atoms with van der Waals surface area (Å²) >= 11 is 0. The molecule has 2 aromatic carbocycles. The van der Waals surface area contributed by atoms with E-state index in [2.05, 4.69) is 0 Å². The van der Waals surface area contributed by atoms with Crippen LogP contribution in [0.15, 0.2) is 36.4 Å². The van der Waals surface area contributed by atoms with Crippen molar-refractivity contribution in [2.75, 3.05) is 0 Å². The van der Waals surface area contributed by atoms with Gasteiger partial charge in [0.1, 0.15) is 5.82 Å². The highest BCUT2D eigenvalue weighted by Crippen LogP contribution is 2.33. The summed E-state index contributed by atoms with van der Waals surface area (Å²) in [5.74, 6) is -1.13. The van der Waals surface area contributed by atoms with Crippen molar-refractivity contribution in [3.05, 3.63) is 47.8 Å². The van der Waals surface area contributed by atoms with Gasteiger partial charge in [-0.15, -0.1) is 0 Å². The zero-order valence-corrected chi connectivity index (χ0v) is 10.4. The van der Waals surface area contributed by atoms with Crippen molar-refractivity contribution in [2.24, 2.45) is 0 Å². The van der Waals surface area contributed by atoms with E-state index >= 15 is 0 Å². The number of carboxylic acids is 1. The Kier molecular flexibility index (Phi) is 3.07. The van der Waals surface area contributed by atoms with Gasteiger partial charge in [0, 0.05) is 10.8 Å². The summed E-state index contributed by atoms with van der Waals surface area (Å²) in [6.45, 7) is 3.72. The third-order valence-electron chi connectivity index (χ3n) is 3.19. The molecule has 1 N–H and O–H groups in total. The fourth-order valence-electron chi connectivity index (χ4n) is 2.33. The van der Waals surface area contributed by atoms with Gasteiger partial charge in [-0.3, -0.25) is 4.79 Å². The van der Waals surface area contributed by atoms with Crippen LogP contribution in [0.25, 0.3) is 10.8 Å². The van der Waals surface area contributed by atoms with Crippen molar-refractivity contribution >= 4 is 16.7 Å². The largest absolute Gasteiger partial charge is 0.481 e. The number of fused-ring (bicyclic) bond motifs is 1. The smallest absolute Gasteiger partial charge is 0.304 e. The minimum Gasteiger partial charge on any atom is -0.481 e. The summed E-state index contributed by atoms with van der Waals surface area (Å²) in [5.41, 5.74) is 0.334. The topological polar surface area (TPSA) is 37.3 Å². The monoisotopic (exact) mass is 246 g/mol. The Morgan fingerprint density at radius 2 is 1.78 bits per heavy atom. The Balaban J connectivity index is 2.65. The van der Waals surface area contributed by atoms with E-state index in [1.54, 1.807) is 18.2 Å². The van der Waals surface area contributed by atoms with E-state index in [1.807, 2.05) is 26.0 Å². The number of rotatable bonds is 3. The molecule has 0 aliphatic heterocycles. The number of halogens is 1. The van der Waals surface area contributed by atoms with Crippen LogP contribution in [0.1, 0.15) is 25.8 Å². The van der Waals surface area contributed by atoms with Crippen molar-refractivity contribution < 1.29 is 14.3 Å². The van der Waals surface area contributed by atoms with Crippen LogP contribution in [0.4, 0.5) is 4.39 Å². The second-order valence-corrected chi connectivity index (χ2v) is 5.09. The number of carbonyl (C=O) groups is 1. The molecule has 2 rings (SSSR count). The Hall–Kier alpha value is -1.90. The highest BCUT2D eigenvalue weighted by atomic mass is 19.1. The van der Waals surface area contributed by atoms with E-state index in [-0.39, 0.29) is 12.2 Å². The lowest BCUT2D eigenvalue weighted by molar-refractivity contribution is -0.138. The number of hydrogen-bond acceptors (Lipinski definition) is 1. The molecule has 0 spiro atoms. The molecule has 0 aromatic heterocycles. The fourth-order valence-corrected chi connectivity index (χ4v) is 2.33. The first kappa shape index (κ1) is 12.6. The van der Waals surface area contributed by atoms with Crippen LogP contribution in [0.3, 0.4) is 0 Å². The standard InChI is InChI=1S/C15H15FO2/c1-15(2,9-14(17)18)12-7-8-13(16)11-6-4-3-5-10(11)12/h3-8H,9H2,1-2H3,(H,17,18). The second kappa shape index (κ2) is 4.41. The van der Waals surface area contributed by atoms with Gasteiger partial charge in [0.2, 0.25) is 0 Å². The molecule has 3 heteroatoms. The summed E-state index contributed by atoms with van der Waals surface area (Å²) in [6.07, 6.45) is 0.0165. The molecule has 0 saturated heterocycles. The lowest BCUT2D eigenvalue weighted by atomic mass is 9.79.